The summed E-state index contributed by atoms with van der Waals surface area (Å²) in [5, 5.41) is 17.7. The van der Waals surface area contributed by atoms with Crippen LogP contribution in [0.2, 0.25) is 0 Å². The van der Waals surface area contributed by atoms with Crippen LogP contribution in [-0.2, 0) is 0 Å². The zero-order valence-electron chi connectivity index (χ0n) is 31.8. The minimum atomic E-state index is 1.22. The summed E-state index contributed by atoms with van der Waals surface area (Å²) >= 11 is 0. The van der Waals surface area contributed by atoms with Crippen molar-refractivity contribution in [2.45, 2.75) is 0 Å². The molecule has 12 aromatic carbocycles. The van der Waals surface area contributed by atoms with Crippen LogP contribution in [0.3, 0.4) is 0 Å². The molecule has 268 valence electrons. The van der Waals surface area contributed by atoms with Crippen molar-refractivity contribution < 1.29 is 0 Å². The molecule has 12 rings (SSSR count). The molecule has 0 heterocycles. The maximum Gasteiger partial charge on any atom is -0.00264 e. The van der Waals surface area contributed by atoms with Gasteiger partial charge in [0, 0.05) is 0 Å². The molecule has 0 aliphatic rings. The second-order valence-electron chi connectivity index (χ2n) is 15.7. The first-order valence-electron chi connectivity index (χ1n) is 20.1. The lowest BCUT2D eigenvalue weighted by Gasteiger charge is -2.16. The molecule has 12 aromatic rings. The maximum absolute atomic E-state index is 2.42. The van der Waals surface area contributed by atoms with Crippen LogP contribution in [0.4, 0.5) is 0 Å². The van der Waals surface area contributed by atoms with Gasteiger partial charge in [-0.15, -0.1) is 0 Å². The summed E-state index contributed by atoms with van der Waals surface area (Å²) in [6.07, 6.45) is 0. The van der Waals surface area contributed by atoms with Gasteiger partial charge in [0.25, 0.3) is 0 Å². The van der Waals surface area contributed by atoms with E-state index < -0.39 is 0 Å². The quantitative estimate of drug-likeness (QED) is 0.125. The van der Waals surface area contributed by atoms with E-state index >= 15 is 0 Å². The van der Waals surface area contributed by atoms with Crippen molar-refractivity contribution in [2.24, 2.45) is 0 Å². The van der Waals surface area contributed by atoms with Gasteiger partial charge in [0.2, 0.25) is 0 Å². The Morgan fingerprint density at radius 3 is 1.28 bits per heavy atom. The van der Waals surface area contributed by atoms with Crippen molar-refractivity contribution in [3.05, 3.63) is 218 Å². The van der Waals surface area contributed by atoms with Crippen LogP contribution in [0.1, 0.15) is 0 Å². The smallest absolute Gasteiger partial charge is 0.00264 e. The fraction of sp³-hybridized carbons (Fsp3) is 0. The Balaban J connectivity index is 1.06. The van der Waals surface area contributed by atoms with Gasteiger partial charge in [-0.05, 0) is 156 Å². The van der Waals surface area contributed by atoms with Crippen molar-refractivity contribution in [3.8, 4) is 44.5 Å². The monoisotopic (exact) mass is 732 g/mol. The summed E-state index contributed by atoms with van der Waals surface area (Å²) in [6, 6.07) is 81.1. The van der Waals surface area contributed by atoms with Gasteiger partial charge in [0.15, 0.2) is 0 Å². The third-order valence-corrected chi connectivity index (χ3v) is 12.4. The molecule has 0 radical (unpaired) electrons. The lowest BCUT2D eigenvalue weighted by molar-refractivity contribution is 1.63. The maximum atomic E-state index is 2.42. The Kier molecular flexibility index (Phi) is 7.33. The van der Waals surface area contributed by atoms with Gasteiger partial charge < -0.3 is 0 Å². The molecule has 0 atom stereocenters. The van der Waals surface area contributed by atoms with Crippen LogP contribution in [0.25, 0.3) is 120 Å². The Hall–Kier alpha value is -7.54. The number of rotatable bonds is 4. The molecule has 0 spiro atoms. The zero-order valence-corrected chi connectivity index (χ0v) is 31.8. The minimum absolute atomic E-state index is 1.22. The van der Waals surface area contributed by atoms with Crippen molar-refractivity contribution in [2.75, 3.05) is 0 Å². The molecule has 0 bridgehead atoms. The molecule has 0 N–H and O–H groups in total. The van der Waals surface area contributed by atoms with Crippen LogP contribution in [0.15, 0.2) is 218 Å². The van der Waals surface area contributed by atoms with Gasteiger partial charge >= 0.3 is 0 Å². The van der Waals surface area contributed by atoms with E-state index in [0.717, 1.165) is 0 Å². The fourth-order valence-corrected chi connectivity index (χ4v) is 9.50. The Morgan fingerprint density at radius 2 is 0.603 bits per heavy atom. The largest absolute Gasteiger partial charge is 0.0616 e. The molecule has 0 unspecified atom stereocenters. The summed E-state index contributed by atoms with van der Waals surface area (Å²) in [7, 11) is 0. The molecule has 0 heteroatoms. The number of benzene rings is 12. The van der Waals surface area contributed by atoms with E-state index in [1.54, 1.807) is 0 Å². The summed E-state index contributed by atoms with van der Waals surface area (Å²) in [4.78, 5) is 0. The highest BCUT2D eigenvalue weighted by molar-refractivity contribution is 6.16. The molecule has 0 aromatic heterocycles. The molecule has 58 heavy (non-hydrogen) atoms. The summed E-state index contributed by atoms with van der Waals surface area (Å²) in [6.45, 7) is 0. The molecule has 0 saturated carbocycles. The Morgan fingerprint density at radius 1 is 0.172 bits per heavy atom. The molecule has 0 aliphatic heterocycles. The standard InChI is InChI=1S/C58H36/c1-4-15-50-37(9-1)12-8-18-53(50)44-13-7-14-48(34-44)58-56-30-27-42(40-25-28-54-45(31-40)22-19-38-10-2-5-16-51(38)54)33-49(56)35-47-24-21-43(36-57(47)58)41-26-29-55-46(32-41)23-20-39-11-3-6-17-52(39)55/h1-36H. The predicted octanol–water partition coefficient (Wildman–Crippen LogP) is 16.4. The Labute approximate surface area is 336 Å². The van der Waals surface area contributed by atoms with E-state index in [-0.39, 0.29) is 0 Å². The van der Waals surface area contributed by atoms with Gasteiger partial charge in [-0.25, -0.2) is 0 Å². The van der Waals surface area contributed by atoms with Crippen LogP contribution in [0.5, 0.6) is 0 Å². The van der Waals surface area contributed by atoms with Gasteiger partial charge in [-0.1, -0.05) is 182 Å². The van der Waals surface area contributed by atoms with E-state index in [0.29, 0.717) is 0 Å². The summed E-state index contributed by atoms with van der Waals surface area (Å²) < 4.78 is 0. The molecule has 0 amide bonds. The molecule has 0 nitrogen and oxygen atoms in total. The minimum Gasteiger partial charge on any atom is -0.0616 e. The third-order valence-electron chi connectivity index (χ3n) is 12.4. The SMILES string of the molecule is c1cc(-c2cccc3ccccc23)cc(-c2c3ccc(-c4ccc5c(ccc6ccccc65)c4)cc3cc3ccc(-c4ccc5c(ccc6ccccc65)c4)cc23)c1. The number of hydrogen-bond donors (Lipinski definition) is 0. The van der Waals surface area contributed by atoms with E-state index in [1.807, 2.05) is 0 Å². The average Bonchev–Trinajstić information content (AvgIpc) is 3.29. The second kappa shape index (κ2) is 13.0. The van der Waals surface area contributed by atoms with Crippen LogP contribution < -0.4 is 0 Å². The second-order valence-corrected chi connectivity index (χ2v) is 15.7. The van der Waals surface area contributed by atoms with Crippen molar-refractivity contribution >= 4 is 75.4 Å². The predicted molar refractivity (Wildman–Crippen MR) is 251 cm³/mol. The van der Waals surface area contributed by atoms with E-state index in [1.165, 1.54) is 120 Å². The first kappa shape index (κ1) is 32.7. The fourth-order valence-electron chi connectivity index (χ4n) is 9.50. The van der Waals surface area contributed by atoms with E-state index in [4.69, 9.17) is 0 Å². The lowest BCUT2D eigenvalue weighted by Crippen LogP contribution is -1.90. The number of hydrogen-bond acceptors (Lipinski definition) is 0. The zero-order chi connectivity index (χ0) is 38.2. The topological polar surface area (TPSA) is 0 Å². The molecular formula is C58H36. The highest BCUT2D eigenvalue weighted by Gasteiger charge is 2.15. The van der Waals surface area contributed by atoms with E-state index in [9.17, 15) is 0 Å². The van der Waals surface area contributed by atoms with Crippen LogP contribution >= 0.6 is 0 Å². The highest BCUT2D eigenvalue weighted by atomic mass is 14.2. The van der Waals surface area contributed by atoms with Crippen molar-refractivity contribution in [1.29, 1.82) is 0 Å². The van der Waals surface area contributed by atoms with Crippen LogP contribution in [-0.4, -0.2) is 0 Å². The average molecular weight is 733 g/mol. The third kappa shape index (κ3) is 5.30. The van der Waals surface area contributed by atoms with Gasteiger partial charge in [0.1, 0.15) is 0 Å². The Bertz CT molecular complexity index is 3620. The first-order chi connectivity index (χ1) is 28.7. The van der Waals surface area contributed by atoms with Crippen LogP contribution in [0, 0.1) is 0 Å². The van der Waals surface area contributed by atoms with Crippen molar-refractivity contribution in [1.82, 2.24) is 0 Å². The normalized spacial score (nSPS) is 11.8. The molecule has 0 aliphatic carbocycles. The number of fused-ring (bicyclic) bond motifs is 9. The summed E-state index contributed by atoms with van der Waals surface area (Å²) in [5.74, 6) is 0. The van der Waals surface area contributed by atoms with E-state index in [2.05, 4.69) is 218 Å². The highest BCUT2D eigenvalue weighted by Crippen LogP contribution is 2.42. The van der Waals surface area contributed by atoms with Gasteiger partial charge in [0.05, 0.1) is 0 Å². The molecule has 0 saturated heterocycles. The first-order valence-corrected chi connectivity index (χ1v) is 20.1. The van der Waals surface area contributed by atoms with Gasteiger partial charge in [-0.3, -0.25) is 0 Å². The van der Waals surface area contributed by atoms with Crippen molar-refractivity contribution in [3.63, 3.8) is 0 Å². The molecule has 0 fully saturated rings. The summed E-state index contributed by atoms with van der Waals surface area (Å²) in [5.41, 5.74) is 9.83. The van der Waals surface area contributed by atoms with Gasteiger partial charge in [-0.2, -0.15) is 0 Å². The lowest BCUT2D eigenvalue weighted by atomic mass is 9.87. The molecular weight excluding hydrogens is 697 g/mol.